The van der Waals surface area contributed by atoms with Crippen molar-refractivity contribution in [1.82, 2.24) is 9.97 Å². The van der Waals surface area contributed by atoms with Gasteiger partial charge < -0.3 is 14.8 Å². The smallest absolute Gasteiger partial charge is 0.164 e. The van der Waals surface area contributed by atoms with Gasteiger partial charge in [-0.2, -0.15) is 0 Å². The molecule has 1 atom stereocenters. The van der Waals surface area contributed by atoms with E-state index in [1.54, 1.807) is 13.3 Å². The van der Waals surface area contributed by atoms with E-state index >= 15 is 0 Å². The van der Waals surface area contributed by atoms with Crippen molar-refractivity contribution >= 4 is 17.4 Å². The van der Waals surface area contributed by atoms with Crippen molar-refractivity contribution in [3.63, 3.8) is 0 Å². The second-order valence-electron chi connectivity index (χ2n) is 4.52. The highest BCUT2D eigenvalue weighted by Gasteiger charge is 2.23. The van der Waals surface area contributed by atoms with Crippen LogP contribution in [0.1, 0.15) is 5.56 Å². The molecule has 2 aromatic rings. The minimum Gasteiger partial charge on any atom is -0.493 e. The van der Waals surface area contributed by atoms with Crippen LogP contribution in [0.3, 0.4) is 0 Å². The summed E-state index contributed by atoms with van der Waals surface area (Å²) in [7, 11) is 1.64. The van der Waals surface area contributed by atoms with Gasteiger partial charge in [-0.3, -0.25) is 0 Å². The van der Waals surface area contributed by atoms with Crippen LogP contribution in [-0.4, -0.2) is 29.7 Å². The number of anilines is 1. The van der Waals surface area contributed by atoms with Crippen molar-refractivity contribution < 1.29 is 9.47 Å². The molecule has 0 amide bonds. The number of benzene rings is 1. The van der Waals surface area contributed by atoms with E-state index in [1.807, 2.05) is 18.2 Å². The van der Waals surface area contributed by atoms with Gasteiger partial charge in [-0.1, -0.05) is 23.7 Å². The van der Waals surface area contributed by atoms with Crippen molar-refractivity contribution in [2.45, 2.75) is 12.5 Å². The summed E-state index contributed by atoms with van der Waals surface area (Å²) in [6, 6.07) is 6.00. The molecule has 1 aromatic heterocycles. The van der Waals surface area contributed by atoms with E-state index in [0.717, 1.165) is 23.5 Å². The van der Waals surface area contributed by atoms with Crippen LogP contribution in [-0.2, 0) is 6.42 Å². The Morgan fingerprint density at radius 2 is 2.35 bits per heavy atom. The standard InChI is InChI=1S/C14H14ClN3O2/c1-19-12-4-2-3-9-5-10(7-20-13(9)12)18-14-11(15)6-16-8-17-14/h2-4,6,8,10H,5,7H2,1H3,(H,16,17,18). The number of ether oxygens (including phenoxy) is 2. The summed E-state index contributed by atoms with van der Waals surface area (Å²) in [6.07, 6.45) is 3.86. The average molecular weight is 292 g/mol. The molecular formula is C14H14ClN3O2. The van der Waals surface area contributed by atoms with Crippen molar-refractivity contribution in [2.75, 3.05) is 19.0 Å². The van der Waals surface area contributed by atoms with E-state index in [0.29, 0.717) is 17.4 Å². The van der Waals surface area contributed by atoms with Crippen molar-refractivity contribution in [3.8, 4) is 11.5 Å². The first-order valence-electron chi connectivity index (χ1n) is 6.28. The van der Waals surface area contributed by atoms with Gasteiger partial charge >= 0.3 is 0 Å². The first-order valence-corrected chi connectivity index (χ1v) is 6.66. The lowest BCUT2D eigenvalue weighted by Gasteiger charge is -2.27. The topological polar surface area (TPSA) is 56.3 Å². The summed E-state index contributed by atoms with van der Waals surface area (Å²) in [5.41, 5.74) is 1.11. The van der Waals surface area contributed by atoms with Crippen LogP contribution in [0.25, 0.3) is 0 Å². The fourth-order valence-electron chi connectivity index (χ4n) is 2.26. The molecule has 0 spiro atoms. The Balaban J connectivity index is 1.78. The molecular weight excluding hydrogens is 278 g/mol. The predicted molar refractivity (Wildman–Crippen MR) is 76.6 cm³/mol. The van der Waals surface area contributed by atoms with E-state index in [4.69, 9.17) is 21.1 Å². The molecule has 0 radical (unpaired) electrons. The molecule has 1 aliphatic rings. The molecule has 1 aliphatic heterocycles. The molecule has 1 N–H and O–H groups in total. The third-order valence-electron chi connectivity index (χ3n) is 3.18. The fourth-order valence-corrected chi connectivity index (χ4v) is 2.42. The molecule has 6 heteroatoms. The number of hydrogen-bond donors (Lipinski definition) is 1. The van der Waals surface area contributed by atoms with Crippen molar-refractivity contribution in [1.29, 1.82) is 0 Å². The molecule has 0 aliphatic carbocycles. The van der Waals surface area contributed by atoms with Crippen LogP contribution in [0.5, 0.6) is 11.5 Å². The van der Waals surface area contributed by atoms with Crippen molar-refractivity contribution in [3.05, 3.63) is 41.3 Å². The zero-order valence-electron chi connectivity index (χ0n) is 11.0. The van der Waals surface area contributed by atoms with Gasteiger partial charge in [0.05, 0.1) is 19.3 Å². The summed E-state index contributed by atoms with van der Waals surface area (Å²) in [5, 5.41) is 3.78. The first-order chi connectivity index (χ1) is 9.78. The number of nitrogens with one attached hydrogen (secondary N) is 1. The van der Waals surface area contributed by atoms with Crippen LogP contribution in [0.15, 0.2) is 30.7 Å². The summed E-state index contributed by atoms with van der Waals surface area (Å²) < 4.78 is 11.1. The van der Waals surface area contributed by atoms with E-state index < -0.39 is 0 Å². The summed E-state index contributed by atoms with van der Waals surface area (Å²) in [4.78, 5) is 7.99. The lowest BCUT2D eigenvalue weighted by Crippen LogP contribution is -2.33. The van der Waals surface area contributed by atoms with Crippen molar-refractivity contribution in [2.24, 2.45) is 0 Å². The average Bonchev–Trinajstić information content (AvgIpc) is 2.49. The molecule has 1 unspecified atom stereocenters. The zero-order chi connectivity index (χ0) is 13.9. The lowest BCUT2D eigenvalue weighted by molar-refractivity contribution is 0.256. The minimum atomic E-state index is 0.113. The highest BCUT2D eigenvalue weighted by Crippen LogP contribution is 2.35. The number of para-hydroxylation sites is 1. The van der Waals surface area contributed by atoms with Gasteiger partial charge in [0, 0.05) is 5.56 Å². The van der Waals surface area contributed by atoms with Gasteiger partial charge in [0.2, 0.25) is 0 Å². The Labute approximate surface area is 121 Å². The van der Waals surface area contributed by atoms with Crippen LogP contribution >= 0.6 is 11.6 Å². The molecule has 3 rings (SSSR count). The molecule has 2 heterocycles. The van der Waals surface area contributed by atoms with Gasteiger partial charge in [0.1, 0.15) is 23.8 Å². The van der Waals surface area contributed by atoms with Crippen LogP contribution < -0.4 is 14.8 Å². The van der Waals surface area contributed by atoms with E-state index in [2.05, 4.69) is 15.3 Å². The first kappa shape index (κ1) is 13.0. The normalized spacial score (nSPS) is 17.0. The lowest BCUT2D eigenvalue weighted by atomic mass is 10.0. The number of methoxy groups -OCH3 is 1. The van der Waals surface area contributed by atoms with Gasteiger partial charge in [-0.05, 0) is 12.5 Å². The Bertz CT molecular complexity index is 621. The maximum absolute atomic E-state index is 6.04. The van der Waals surface area contributed by atoms with Gasteiger partial charge in [0.25, 0.3) is 0 Å². The number of hydrogen-bond acceptors (Lipinski definition) is 5. The maximum Gasteiger partial charge on any atom is 0.164 e. The zero-order valence-corrected chi connectivity index (χ0v) is 11.7. The Hall–Kier alpha value is -2.01. The number of rotatable bonds is 3. The van der Waals surface area contributed by atoms with E-state index in [1.165, 1.54) is 6.33 Å². The number of halogens is 1. The predicted octanol–water partition coefficient (Wildman–Crippen LogP) is 2.55. The summed E-state index contributed by atoms with van der Waals surface area (Å²) in [6.45, 7) is 0.535. The number of fused-ring (bicyclic) bond motifs is 1. The second kappa shape index (κ2) is 5.54. The Morgan fingerprint density at radius 3 is 3.15 bits per heavy atom. The molecule has 1 aromatic carbocycles. The quantitative estimate of drug-likeness (QED) is 0.942. The SMILES string of the molecule is COc1cccc2c1OCC(Nc1ncncc1Cl)C2. The highest BCUT2D eigenvalue weighted by molar-refractivity contribution is 6.32. The van der Waals surface area contributed by atoms with E-state index in [9.17, 15) is 0 Å². The van der Waals surface area contributed by atoms with Gasteiger partial charge in [0.15, 0.2) is 11.5 Å². The third kappa shape index (κ3) is 2.49. The van der Waals surface area contributed by atoms with Crippen LogP contribution in [0.2, 0.25) is 5.02 Å². The highest BCUT2D eigenvalue weighted by atomic mass is 35.5. The number of nitrogens with zero attached hydrogens (tertiary/aromatic N) is 2. The monoisotopic (exact) mass is 291 g/mol. The Morgan fingerprint density at radius 1 is 1.45 bits per heavy atom. The molecule has 5 nitrogen and oxygen atoms in total. The second-order valence-corrected chi connectivity index (χ2v) is 4.93. The largest absolute Gasteiger partial charge is 0.493 e. The molecule has 0 bridgehead atoms. The third-order valence-corrected chi connectivity index (χ3v) is 3.46. The Kier molecular flexibility index (Phi) is 3.60. The molecule has 20 heavy (non-hydrogen) atoms. The van der Waals surface area contributed by atoms with Crippen LogP contribution in [0.4, 0.5) is 5.82 Å². The molecule has 0 saturated heterocycles. The minimum absolute atomic E-state index is 0.113. The van der Waals surface area contributed by atoms with Crippen LogP contribution in [0, 0.1) is 0 Å². The number of aromatic nitrogens is 2. The van der Waals surface area contributed by atoms with E-state index in [-0.39, 0.29) is 6.04 Å². The summed E-state index contributed by atoms with van der Waals surface area (Å²) in [5.74, 6) is 2.21. The molecule has 0 saturated carbocycles. The molecule has 0 fully saturated rings. The summed E-state index contributed by atoms with van der Waals surface area (Å²) >= 11 is 6.04. The maximum atomic E-state index is 6.04. The fraction of sp³-hybridized carbons (Fsp3) is 0.286. The van der Waals surface area contributed by atoms with Gasteiger partial charge in [-0.25, -0.2) is 9.97 Å². The van der Waals surface area contributed by atoms with Gasteiger partial charge in [-0.15, -0.1) is 0 Å². The molecule has 104 valence electrons.